The van der Waals surface area contributed by atoms with E-state index in [1.54, 1.807) is 0 Å². The second-order valence-corrected chi connectivity index (χ2v) is 6.95. The molecule has 0 atom stereocenters. The molecule has 3 rings (SSSR count). The second-order valence-electron chi connectivity index (χ2n) is 5.71. The van der Waals surface area contributed by atoms with Gasteiger partial charge < -0.3 is 20.2 Å². The third-order valence-electron chi connectivity index (χ3n) is 3.87. The summed E-state index contributed by atoms with van der Waals surface area (Å²) in [6, 6.07) is 8.63. The lowest BCUT2D eigenvalue weighted by Crippen LogP contribution is -2.23. The minimum Gasteiger partial charge on any atom is -0.505 e. The zero-order valence-electron chi connectivity index (χ0n) is 14.3. The maximum atomic E-state index is 10.7. The summed E-state index contributed by atoms with van der Waals surface area (Å²) in [5.74, 6) is -0.318. The van der Waals surface area contributed by atoms with E-state index >= 15 is 0 Å². The van der Waals surface area contributed by atoms with Crippen LogP contribution in [0.15, 0.2) is 30.5 Å². The van der Waals surface area contributed by atoms with Gasteiger partial charge in [-0.2, -0.15) is 0 Å². The molecule has 1 aliphatic heterocycles. The highest BCUT2D eigenvalue weighted by Gasteiger charge is 2.17. The van der Waals surface area contributed by atoms with Crippen LogP contribution in [0.3, 0.4) is 0 Å². The van der Waals surface area contributed by atoms with Crippen LogP contribution >= 0.6 is 7.82 Å². The summed E-state index contributed by atoms with van der Waals surface area (Å²) in [6.07, 6.45) is 2.78. The first kappa shape index (κ1) is 20.2. The van der Waals surface area contributed by atoms with E-state index in [0.29, 0.717) is 6.29 Å². The van der Waals surface area contributed by atoms with Crippen molar-refractivity contribution >= 4 is 14.1 Å². The van der Waals surface area contributed by atoms with Gasteiger partial charge in [-0.3, -0.25) is 14.3 Å². The Hall–Kier alpha value is -2.09. The van der Waals surface area contributed by atoms with Crippen molar-refractivity contribution in [1.29, 1.82) is 0 Å². The number of rotatable bonds is 4. The number of hydrogen-bond donors (Lipinski definition) is 4. The molecule has 0 radical (unpaired) electrons. The molecule has 2 heterocycles. The van der Waals surface area contributed by atoms with Gasteiger partial charge in [-0.25, -0.2) is 4.57 Å². The molecule has 0 spiro atoms. The maximum Gasteiger partial charge on any atom is 0.469 e. The van der Waals surface area contributed by atoms with Crippen LogP contribution in [0.4, 0.5) is 0 Å². The first-order chi connectivity index (χ1) is 12.3. The number of pyridine rings is 1. The van der Waals surface area contributed by atoms with E-state index < -0.39 is 14.4 Å². The fraction of sp³-hybridized carbons (Fsp3) is 0.294. The topological polar surface area (TPSA) is 129 Å². The maximum absolute atomic E-state index is 10.7. The van der Waals surface area contributed by atoms with E-state index in [2.05, 4.69) is 39.1 Å². The van der Waals surface area contributed by atoms with Crippen LogP contribution in [-0.4, -0.2) is 32.7 Å². The molecule has 0 fully saturated rings. The number of phosphoric acid groups is 1. The highest BCUT2D eigenvalue weighted by molar-refractivity contribution is 7.46. The fourth-order valence-corrected chi connectivity index (χ4v) is 2.78. The number of carbonyl (C=O) groups excluding carboxylic acids is 1. The second kappa shape index (κ2) is 9.02. The molecule has 1 aromatic carbocycles. The van der Waals surface area contributed by atoms with Crippen molar-refractivity contribution in [2.45, 2.75) is 26.5 Å². The van der Waals surface area contributed by atoms with Crippen LogP contribution in [0, 0.1) is 6.92 Å². The van der Waals surface area contributed by atoms with Crippen molar-refractivity contribution in [2.75, 3.05) is 6.54 Å². The summed E-state index contributed by atoms with van der Waals surface area (Å²) in [5.41, 5.74) is 3.26. The average Bonchev–Trinajstić information content (AvgIpc) is 2.62. The van der Waals surface area contributed by atoms with Gasteiger partial charge in [0.15, 0.2) is 6.29 Å². The van der Waals surface area contributed by atoms with Crippen LogP contribution in [0.1, 0.15) is 32.7 Å². The molecule has 0 aliphatic carbocycles. The van der Waals surface area contributed by atoms with Crippen LogP contribution < -0.4 is 5.32 Å². The molecule has 8 nitrogen and oxygen atoms in total. The molecule has 0 saturated heterocycles. The Morgan fingerprint density at radius 1 is 1.31 bits per heavy atom. The largest absolute Gasteiger partial charge is 0.505 e. The number of aromatic hydroxyl groups is 1. The molecule has 9 heteroatoms. The first-order valence-corrected chi connectivity index (χ1v) is 9.45. The van der Waals surface area contributed by atoms with Gasteiger partial charge in [0.1, 0.15) is 5.75 Å². The third-order valence-corrected chi connectivity index (χ3v) is 4.33. The minimum absolute atomic E-state index is 0.0825. The smallest absolute Gasteiger partial charge is 0.469 e. The van der Waals surface area contributed by atoms with Crippen LogP contribution in [0.5, 0.6) is 5.75 Å². The van der Waals surface area contributed by atoms with Crippen LogP contribution in [0.2, 0.25) is 0 Å². The predicted octanol–water partition coefficient (Wildman–Crippen LogP) is 1.85. The van der Waals surface area contributed by atoms with Gasteiger partial charge >= 0.3 is 7.82 Å². The molecule has 0 bridgehead atoms. The average molecular weight is 380 g/mol. The van der Waals surface area contributed by atoms with Crippen molar-refractivity contribution in [3.05, 3.63) is 58.4 Å². The molecule has 0 saturated carbocycles. The zero-order chi connectivity index (χ0) is 19.2. The van der Waals surface area contributed by atoms with Gasteiger partial charge in [0, 0.05) is 18.3 Å². The van der Waals surface area contributed by atoms with Crippen molar-refractivity contribution in [1.82, 2.24) is 10.3 Å². The quantitative estimate of drug-likeness (QED) is 0.467. The van der Waals surface area contributed by atoms with Gasteiger partial charge in [-0.1, -0.05) is 24.3 Å². The van der Waals surface area contributed by atoms with Crippen molar-refractivity contribution in [2.24, 2.45) is 0 Å². The standard InChI is InChI=1S/C9H11N.C8H10NO6P/c1-2-4-9-7-10-6-5-8(9)3-1;1-5-8(11)7(3-10)6(2-9-5)4-15-16(12,13)14/h1-4,10H,5-7H2;2-3,11H,4H2,1H3,(H2,12,13,14). The molecule has 140 valence electrons. The van der Waals surface area contributed by atoms with Crippen molar-refractivity contribution < 1.29 is 28.8 Å². The van der Waals surface area contributed by atoms with E-state index in [4.69, 9.17) is 9.79 Å². The molecular weight excluding hydrogens is 359 g/mol. The summed E-state index contributed by atoms with van der Waals surface area (Å²) in [4.78, 5) is 31.4. The minimum atomic E-state index is -4.61. The Balaban J connectivity index is 0.000000206. The Kier molecular flexibility index (Phi) is 7.02. The normalized spacial score (nSPS) is 13.3. The van der Waals surface area contributed by atoms with E-state index in [-0.39, 0.29) is 22.6 Å². The number of nitrogens with one attached hydrogen (secondary N) is 1. The lowest BCUT2D eigenvalue weighted by atomic mass is 10.0. The number of aryl methyl sites for hydroxylation is 1. The Labute approximate surface area is 151 Å². The Morgan fingerprint density at radius 2 is 2.00 bits per heavy atom. The number of aldehydes is 1. The van der Waals surface area contributed by atoms with Gasteiger partial charge in [-0.15, -0.1) is 0 Å². The number of fused-ring (bicyclic) bond motifs is 1. The first-order valence-electron chi connectivity index (χ1n) is 7.92. The van der Waals surface area contributed by atoms with E-state index in [9.17, 15) is 14.5 Å². The van der Waals surface area contributed by atoms with E-state index in [1.807, 2.05) is 0 Å². The van der Waals surface area contributed by atoms with Crippen LogP contribution in [0.25, 0.3) is 0 Å². The van der Waals surface area contributed by atoms with E-state index in [0.717, 1.165) is 13.1 Å². The lowest BCUT2D eigenvalue weighted by molar-refractivity contribution is 0.111. The number of aromatic nitrogens is 1. The predicted molar refractivity (Wildman–Crippen MR) is 94.7 cm³/mol. The van der Waals surface area contributed by atoms with E-state index in [1.165, 1.54) is 30.7 Å². The molecule has 0 unspecified atom stereocenters. The summed E-state index contributed by atoms with van der Waals surface area (Å²) < 4.78 is 14.7. The molecule has 26 heavy (non-hydrogen) atoms. The Bertz CT molecular complexity index is 796. The molecular formula is C17H21N2O6P. The summed E-state index contributed by atoms with van der Waals surface area (Å²) in [6.45, 7) is 3.18. The molecule has 1 aromatic heterocycles. The Morgan fingerprint density at radius 3 is 2.62 bits per heavy atom. The zero-order valence-corrected chi connectivity index (χ0v) is 15.1. The highest BCUT2D eigenvalue weighted by atomic mass is 31.2. The molecule has 1 aliphatic rings. The monoisotopic (exact) mass is 380 g/mol. The summed E-state index contributed by atoms with van der Waals surface area (Å²) >= 11 is 0. The highest BCUT2D eigenvalue weighted by Crippen LogP contribution is 2.37. The number of carbonyl (C=O) groups is 1. The number of nitrogens with zero attached hydrogens (tertiary/aromatic N) is 1. The fourth-order valence-electron chi connectivity index (χ4n) is 2.47. The van der Waals surface area contributed by atoms with Gasteiger partial charge in [-0.05, 0) is 31.0 Å². The van der Waals surface area contributed by atoms with Crippen molar-refractivity contribution in [3.63, 3.8) is 0 Å². The molecule has 0 amide bonds. The van der Waals surface area contributed by atoms with Crippen molar-refractivity contribution in [3.8, 4) is 5.75 Å². The SMILES string of the molecule is Cc1ncc(COP(=O)(O)O)c(C=O)c1O.c1ccc2c(c1)CCNC2. The number of benzene rings is 1. The molecule has 2 aromatic rings. The molecule has 4 N–H and O–H groups in total. The summed E-state index contributed by atoms with van der Waals surface area (Å²) in [5, 5.41) is 12.8. The van der Waals surface area contributed by atoms with Gasteiger partial charge in [0.05, 0.1) is 17.9 Å². The van der Waals surface area contributed by atoms with Gasteiger partial charge in [0.2, 0.25) is 0 Å². The number of hydrogen-bond acceptors (Lipinski definition) is 6. The third kappa shape index (κ3) is 5.72. The van der Waals surface area contributed by atoms with Crippen LogP contribution in [-0.2, 0) is 28.7 Å². The summed E-state index contributed by atoms with van der Waals surface area (Å²) in [7, 11) is -4.61. The van der Waals surface area contributed by atoms with Gasteiger partial charge in [0.25, 0.3) is 0 Å². The lowest BCUT2D eigenvalue weighted by Gasteiger charge is -2.15. The number of phosphoric ester groups is 1.